The first-order valence-corrected chi connectivity index (χ1v) is 10.8. The second-order valence-electron chi connectivity index (χ2n) is 7.61. The highest BCUT2D eigenvalue weighted by molar-refractivity contribution is 7.18. The molecule has 2 aliphatic rings. The van der Waals surface area contributed by atoms with Gasteiger partial charge in [0.15, 0.2) is 0 Å². The molecule has 1 saturated carbocycles. The van der Waals surface area contributed by atoms with Gasteiger partial charge in [0, 0.05) is 0 Å². The molecule has 0 aromatic carbocycles. The van der Waals surface area contributed by atoms with Crippen molar-refractivity contribution in [3.05, 3.63) is 16.0 Å². The topological polar surface area (TPSA) is 131 Å². The largest absolute Gasteiger partial charge is 0.465 e. The number of rotatable bonds is 5. The van der Waals surface area contributed by atoms with Crippen molar-refractivity contribution in [3.63, 3.8) is 0 Å². The zero-order chi connectivity index (χ0) is 22.8. The Morgan fingerprint density at radius 3 is 2.26 bits per heavy atom. The van der Waals surface area contributed by atoms with Crippen molar-refractivity contribution < 1.29 is 33.4 Å². The van der Waals surface area contributed by atoms with Crippen LogP contribution in [0.2, 0.25) is 0 Å². The van der Waals surface area contributed by atoms with Crippen molar-refractivity contribution >= 4 is 46.1 Å². The van der Waals surface area contributed by atoms with Gasteiger partial charge in [0.25, 0.3) is 5.91 Å². The van der Waals surface area contributed by atoms with Crippen molar-refractivity contribution in [2.75, 3.05) is 26.1 Å². The molecule has 1 aliphatic heterocycles. The molecule has 1 spiro atoms. The third kappa shape index (κ3) is 4.27. The number of thiophene rings is 1. The Kier molecular flexibility index (Phi) is 6.63. The Morgan fingerprint density at radius 1 is 1.06 bits per heavy atom. The van der Waals surface area contributed by atoms with E-state index in [2.05, 4.69) is 10.6 Å². The van der Waals surface area contributed by atoms with Crippen LogP contribution in [0.1, 0.15) is 64.1 Å². The molecule has 168 valence electrons. The van der Waals surface area contributed by atoms with Gasteiger partial charge in [-0.2, -0.15) is 0 Å². The van der Waals surface area contributed by atoms with E-state index in [1.165, 1.54) is 21.1 Å². The van der Waals surface area contributed by atoms with Crippen LogP contribution in [0, 0.1) is 6.92 Å². The molecule has 10 nitrogen and oxygen atoms in total. The summed E-state index contributed by atoms with van der Waals surface area (Å²) in [6.45, 7) is 1.04. The number of hydrogen-bond donors (Lipinski definition) is 2. The molecule has 2 fully saturated rings. The van der Waals surface area contributed by atoms with Gasteiger partial charge in [0.1, 0.15) is 22.0 Å². The summed E-state index contributed by atoms with van der Waals surface area (Å²) in [7, 11) is 2.39. The van der Waals surface area contributed by atoms with Crippen LogP contribution in [0.5, 0.6) is 0 Å². The Hall–Kier alpha value is -2.95. The number of carbonyl (C=O) groups excluding carboxylic acids is 5. The minimum atomic E-state index is -0.942. The highest BCUT2D eigenvalue weighted by Gasteiger charge is 2.51. The minimum Gasteiger partial charge on any atom is -0.465 e. The minimum absolute atomic E-state index is 0.0266. The van der Waals surface area contributed by atoms with Crippen molar-refractivity contribution in [1.29, 1.82) is 0 Å². The molecule has 1 aromatic heterocycles. The lowest BCUT2D eigenvalue weighted by molar-refractivity contribution is -0.134. The lowest BCUT2D eigenvalue weighted by Crippen LogP contribution is -2.47. The molecule has 11 heteroatoms. The van der Waals surface area contributed by atoms with Crippen LogP contribution < -0.4 is 10.6 Å². The standard InChI is InChI=1S/C20H25N3O7S/c1-11-13(16(25)29-2)15(31-14(11)17(26)30-3)21-12(24)10-23-18(27)20(22-19(23)28)8-6-4-5-7-9-20/h4-10H2,1-3H3,(H,21,24)(H,22,28). The highest BCUT2D eigenvalue weighted by Crippen LogP contribution is 2.35. The molecule has 3 rings (SSSR count). The molecular formula is C20H25N3O7S. The van der Waals surface area contributed by atoms with Crippen LogP contribution in [-0.2, 0) is 19.1 Å². The first kappa shape index (κ1) is 22.7. The van der Waals surface area contributed by atoms with Gasteiger partial charge in [-0.15, -0.1) is 11.3 Å². The molecule has 2 heterocycles. The van der Waals surface area contributed by atoms with E-state index in [1.54, 1.807) is 0 Å². The van der Waals surface area contributed by atoms with Crippen LogP contribution in [0.25, 0.3) is 0 Å². The molecule has 1 aliphatic carbocycles. The summed E-state index contributed by atoms with van der Waals surface area (Å²) in [5, 5.41) is 5.40. The highest BCUT2D eigenvalue weighted by atomic mass is 32.1. The van der Waals surface area contributed by atoms with Gasteiger partial charge in [-0.3, -0.25) is 14.5 Å². The summed E-state index contributed by atoms with van der Waals surface area (Å²) in [6, 6.07) is -0.604. The van der Waals surface area contributed by atoms with Crippen molar-refractivity contribution in [3.8, 4) is 0 Å². The Balaban J connectivity index is 1.79. The second kappa shape index (κ2) is 9.04. The van der Waals surface area contributed by atoms with Crippen LogP contribution in [0.15, 0.2) is 0 Å². The number of urea groups is 1. The summed E-state index contributed by atoms with van der Waals surface area (Å²) < 4.78 is 9.47. The molecule has 0 bridgehead atoms. The number of carbonyl (C=O) groups is 5. The van der Waals surface area contributed by atoms with E-state index < -0.39 is 41.9 Å². The van der Waals surface area contributed by atoms with Crippen molar-refractivity contribution in [2.24, 2.45) is 0 Å². The number of amides is 4. The van der Waals surface area contributed by atoms with Gasteiger partial charge in [-0.05, 0) is 25.3 Å². The molecule has 0 unspecified atom stereocenters. The molecule has 4 amide bonds. The first-order chi connectivity index (χ1) is 14.7. The maximum atomic E-state index is 13.0. The number of nitrogens with zero attached hydrogens (tertiary/aromatic N) is 1. The van der Waals surface area contributed by atoms with Crippen molar-refractivity contribution in [1.82, 2.24) is 10.2 Å². The Morgan fingerprint density at radius 2 is 1.68 bits per heavy atom. The number of methoxy groups -OCH3 is 2. The normalized spacial score (nSPS) is 17.8. The fourth-order valence-corrected chi connectivity index (χ4v) is 5.17. The smallest absolute Gasteiger partial charge is 0.348 e. The summed E-state index contributed by atoms with van der Waals surface area (Å²) in [4.78, 5) is 63.3. The number of hydrogen-bond acceptors (Lipinski definition) is 8. The first-order valence-electron chi connectivity index (χ1n) is 9.98. The average Bonchev–Trinajstić information content (AvgIpc) is 3.04. The summed E-state index contributed by atoms with van der Waals surface area (Å²) in [5.41, 5.74) is -0.604. The predicted octanol–water partition coefficient (Wildman–Crippen LogP) is 2.21. The monoisotopic (exact) mass is 451 g/mol. The molecule has 31 heavy (non-hydrogen) atoms. The van der Waals surface area contributed by atoms with E-state index in [4.69, 9.17) is 9.47 Å². The maximum Gasteiger partial charge on any atom is 0.348 e. The van der Waals surface area contributed by atoms with E-state index in [-0.39, 0.29) is 15.4 Å². The summed E-state index contributed by atoms with van der Waals surface area (Å²) >= 11 is 0.863. The van der Waals surface area contributed by atoms with Gasteiger partial charge >= 0.3 is 18.0 Å². The fraction of sp³-hybridized carbons (Fsp3) is 0.550. The van der Waals surface area contributed by atoms with Crippen LogP contribution in [0.3, 0.4) is 0 Å². The number of nitrogens with one attached hydrogen (secondary N) is 2. The van der Waals surface area contributed by atoms with Gasteiger partial charge in [0.05, 0.1) is 19.8 Å². The summed E-state index contributed by atoms with van der Waals surface area (Å²) in [6.07, 6.45) is 4.77. The number of imide groups is 1. The molecule has 1 aromatic rings. The number of anilines is 1. The van der Waals surface area contributed by atoms with Crippen LogP contribution >= 0.6 is 11.3 Å². The van der Waals surface area contributed by atoms with E-state index in [0.29, 0.717) is 18.4 Å². The predicted molar refractivity (Wildman–Crippen MR) is 111 cm³/mol. The lowest BCUT2D eigenvalue weighted by atomic mass is 9.90. The van der Waals surface area contributed by atoms with Crippen LogP contribution in [-0.4, -0.2) is 61.0 Å². The van der Waals surface area contributed by atoms with Crippen molar-refractivity contribution in [2.45, 2.75) is 51.0 Å². The zero-order valence-corrected chi connectivity index (χ0v) is 18.5. The molecule has 1 saturated heterocycles. The number of esters is 2. The van der Waals surface area contributed by atoms with Gasteiger partial charge < -0.3 is 20.1 Å². The molecular weight excluding hydrogens is 426 g/mol. The second-order valence-corrected chi connectivity index (χ2v) is 8.63. The van der Waals surface area contributed by atoms with Gasteiger partial charge in [-0.25, -0.2) is 14.4 Å². The van der Waals surface area contributed by atoms with E-state index >= 15 is 0 Å². The molecule has 2 N–H and O–H groups in total. The summed E-state index contributed by atoms with van der Waals surface area (Å²) in [5.74, 6) is -2.46. The van der Waals surface area contributed by atoms with Crippen LogP contribution in [0.4, 0.5) is 9.80 Å². The van der Waals surface area contributed by atoms with Gasteiger partial charge in [0.2, 0.25) is 5.91 Å². The molecule has 0 atom stereocenters. The third-order valence-corrected chi connectivity index (χ3v) is 6.85. The van der Waals surface area contributed by atoms with E-state index in [9.17, 15) is 24.0 Å². The quantitative estimate of drug-likeness (QED) is 0.518. The van der Waals surface area contributed by atoms with E-state index in [1.807, 2.05) is 0 Å². The average molecular weight is 452 g/mol. The SMILES string of the molecule is COC(=O)c1sc(NC(=O)CN2C(=O)NC3(CCCCCC3)C2=O)c(C(=O)OC)c1C. The maximum absolute atomic E-state index is 13.0. The zero-order valence-electron chi connectivity index (χ0n) is 17.7. The molecule has 0 radical (unpaired) electrons. The Bertz CT molecular complexity index is 931. The fourth-order valence-electron chi connectivity index (χ4n) is 4.04. The lowest BCUT2D eigenvalue weighted by Gasteiger charge is -2.24. The Labute approximate surface area is 183 Å². The number of ether oxygens (including phenoxy) is 2. The van der Waals surface area contributed by atoms with E-state index in [0.717, 1.165) is 41.9 Å². The van der Waals surface area contributed by atoms with Gasteiger partial charge in [-0.1, -0.05) is 25.7 Å². The third-order valence-electron chi connectivity index (χ3n) is 5.66.